The molecule has 0 saturated carbocycles. The normalized spacial score (nSPS) is 11.1. The summed E-state index contributed by atoms with van der Waals surface area (Å²) in [5, 5.41) is 0. The van der Waals surface area contributed by atoms with E-state index in [2.05, 4.69) is 0 Å². The van der Waals surface area contributed by atoms with Crippen LogP contribution in [0.2, 0.25) is 0 Å². The van der Waals surface area contributed by atoms with Crippen LogP contribution in [0.3, 0.4) is 0 Å². The van der Waals surface area contributed by atoms with Gasteiger partial charge in [-0.05, 0) is 54.8 Å². The lowest BCUT2D eigenvalue weighted by Crippen LogP contribution is -2.41. The molecule has 2 rings (SSSR count). The van der Waals surface area contributed by atoms with Crippen LogP contribution >= 0.6 is 0 Å². The highest BCUT2D eigenvalue weighted by molar-refractivity contribution is 7.92. The van der Waals surface area contributed by atoms with Crippen LogP contribution in [0.1, 0.15) is 16.7 Å². The van der Waals surface area contributed by atoms with Gasteiger partial charge >= 0.3 is 0 Å². The number of amides is 1. The fraction of sp³-hybridized carbons (Fsp3) is 0.350. The molecule has 0 bridgehead atoms. The zero-order chi connectivity index (χ0) is 20.2. The zero-order valence-electron chi connectivity index (χ0n) is 16.4. The molecule has 0 aliphatic rings. The third-order valence-electron chi connectivity index (χ3n) is 4.18. The average molecular weight is 391 g/mol. The summed E-state index contributed by atoms with van der Waals surface area (Å²) in [6, 6.07) is 12.9. The van der Waals surface area contributed by atoms with Gasteiger partial charge in [-0.25, -0.2) is 8.42 Å². The van der Waals surface area contributed by atoms with Gasteiger partial charge in [0.1, 0.15) is 12.3 Å². The van der Waals surface area contributed by atoms with Gasteiger partial charge in [-0.2, -0.15) is 0 Å². The second kappa shape index (κ2) is 8.43. The van der Waals surface area contributed by atoms with Crippen molar-refractivity contribution in [3.05, 3.63) is 59.2 Å². The lowest BCUT2D eigenvalue weighted by atomic mass is 10.1. The molecule has 7 heteroatoms. The summed E-state index contributed by atoms with van der Waals surface area (Å²) < 4.78 is 30.8. The molecule has 0 aromatic heterocycles. The molecule has 0 heterocycles. The van der Waals surface area contributed by atoms with Crippen LogP contribution in [0.4, 0.5) is 5.69 Å². The number of carbonyl (C=O) groups excluding carboxylic acids is 1. The molecule has 0 fully saturated rings. The third kappa shape index (κ3) is 5.72. The van der Waals surface area contributed by atoms with E-state index in [-0.39, 0.29) is 12.5 Å². The standard InChI is InChI=1S/C20H26N2O4S/c1-15-10-16(2)12-18(11-15)22(27(5,24)25)14-20(23)21(3)13-17-6-8-19(26-4)9-7-17/h6-12H,13-14H2,1-5H3. The number of rotatable bonds is 7. The van der Waals surface area contributed by atoms with Crippen LogP contribution in [-0.4, -0.2) is 46.2 Å². The van der Waals surface area contributed by atoms with Gasteiger partial charge in [-0.3, -0.25) is 9.10 Å². The third-order valence-corrected chi connectivity index (χ3v) is 5.32. The molecule has 0 N–H and O–H groups in total. The highest BCUT2D eigenvalue weighted by Crippen LogP contribution is 2.21. The van der Waals surface area contributed by atoms with Crippen molar-refractivity contribution >= 4 is 21.6 Å². The molecule has 6 nitrogen and oxygen atoms in total. The first-order chi connectivity index (χ1) is 12.6. The van der Waals surface area contributed by atoms with Crippen LogP contribution in [0, 0.1) is 13.8 Å². The van der Waals surface area contributed by atoms with Gasteiger partial charge in [0.15, 0.2) is 0 Å². The van der Waals surface area contributed by atoms with E-state index in [1.54, 1.807) is 26.3 Å². The van der Waals surface area contributed by atoms with E-state index in [4.69, 9.17) is 4.74 Å². The van der Waals surface area contributed by atoms with Gasteiger partial charge in [0.25, 0.3) is 0 Å². The SMILES string of the molecule is COc1ccc(CN(C)C(=O)CN(c2cc(C)cc(C)c2)S(C)(=O)=O)cc1. The number of carbonyl (C=O) groups is 1. The summed E-state index contributed by atoms with van der Waals surface area (Å²) in [5.41, 5.74) is 3.32. The van der Waals surface area contributed by atoms with Crippen LogP contribution in [0.5, 0.6) is 5.75 Å². The van der Waals surface area contributed by atoms with Crippen LogP contribution in [-0.2, 0) is 21.4 Å². The number of ether oxygens (including phenoxy) is 1. The van der Waals surface area contributed by atoms with E-state index < -0.39 is 10.0 Å². The van der Waals surface area contributed by atoms with E-state index >= 15 is 0 Å². The topological polar surface area (TPSA) is 66.9 Å². The van der Waals surface area contributed by atoms with Gasteiger partial charge in [0.2, 0.25) is 15.9 Å². The molecule has 0 radical (unpaired) electrons. The molecule has 0 saturated heterocycles. The Kier molecular flexibility index (Phi) is 6.49. The van der Waals surface area contributed by atoms with Crippen LogP contribution < -0.4 is 9.04 Å². The summed E-state index contributed by atoms with van der Waals surface area (Å²) in [4.78, 5) is 14.2. The number of benzene rings is 2. The van der Waals surface area contributed by atoms with E-state index in [0.717, 1.165) is 33.0 Å². The smallest absolute Gasteiger partial charge is 0.243 e. The molecule has 0 aliphatic heterocycles. The van der Waals surface area contributed by atoms with Gasteiger partial charge in [0, 0.05) is 13.6 Å². The molecule has 1 amide bonds. The minimum absolute atomic E-state index is 0.242. The van der Waals surface area contributed by atoms with Gasteiger partial charge in [0.05, 0.1) is 19.1 Å². The van der Waals surface area contributed by atoms with Crippen molar-refractivity contribution in [2.75, 3.05) is 31.3 Å². The summed E-state index contributed by atoms with van der Waals surface area (Å²) in [7, 11) is -0.337. The first kappa shape index (κ1) is 20.8. The molecule has 0 spiro atoms. The number of hydrogen-bond acceptors (Lipinski definition) is 4. The highest BCUT2D eigenvalue weighted by atomic mass is 32.2. The number of sulfonamides is 1. The molecule has 146 valence electrons. The van der Waals surface area contributed by atoms with Gasteiger partial charge in [-0.15, -0.1) is 0 Å². The van der Waals surface area contributed by atoms with E-state index in [9.17, 15) is 13.2 Å². The highest BCUT2D eigenvalue weighted by Gasteiger charge is 2.23. The van der Waals surface area contributed by atoms with Crippen molar-refractivity contribution in [1.29, 1.82) is 0 Å². The number of aryl methyl sites for hydroxylation is 2. The number of methoxy groups -OCH3 is 1. The minimum Gasteiger partial charge on any atom is -0.497 e. The molecule has 2 aromatic carbocycles. The van der Waals surface area contributed by atoms with E-state index in [1.165, 1.54) is 4.90 Å². The summed E-state index contributed by atoms with van der Waals surface area (Å²) in [6.45, 7) is 3.94. The van der Waals surface area contributed by atoms with E-state index in [1.807, 2.05) is 44.2 Å². The van der Waals surface area contributed by atoms with E-state index in [0.29, 0.717) is 12.2 Å². The maximum Gasteiger partial charge on any atom is 0.243 e. The predicted octanol–water partition coefficient (Wildman–Crippen LogP) is 2.74. The second-order valence-electron chi connectivity index (χ2n) is 6.71. The Morgan fingerprint density at radius 1 is 1.04 bits per heavy atom. The van der Waals surface area contributed by atoms with Gasteiger partial charge in [-0.1, -0.05) is 18.2 Å². The summed E-state index contributed by atoms with van der Waals surface area (Å²) in [6.07, 6.45) is 1.11. The van der Waals surface area contributed by atoms with Crippen molar-refractivity contribution < 1.29 is 17.9 Å². The lowest BCUT2D eigenvalue weighted by Gasteiger charge is -2.26. The lowest BCUT2D eigenvalue weighted by molar-refractivity contribution is -0.128. The van der Waals surface area contributed by atoms with Crippen molar-refractivity contribution in [3.8, 4) is 5.75 Å². The maximum absolute atomic E-state index is 12.7. The first-order valence-electron chi connectivity index (χ1n) is 8.53. The van der Waals surface area contributed by atoms with Crippen molar-refractivity contribution in [2.24, 2.45) is 0 Å². The van der Waals surface area contributed by atoms with Crippen molar-refractivity contribution in [3.63, 3.8) is 0 Å². The van der Waals surface area contributed by atoms with Crippen molar-refractivity contribution in [1.82, 2.24) is 4.90 Å². The molecule has 2 aromatic rings. The fourth-order valence-corrected chi connectivity index (χ4v) is 3.66. The predicted molar refractivity (Wildman–Crippen MR) is 108 cm³/mol. The largest absolute Gasteiger partial charge is 0.497 e. The Morgan fingerprint density at radius 3 is 2.07 bits per heavy atom. The number of likely N-dealkylation sites (N-methyl/N-ethyl adjacent to an activating group) is 1. The number of hydrogen-bond donors (Lipinski definition) is 0. The maximum atomic E-state index is 12.7. The Labute approximate surface area is 161 Å². The number of anilines is 1. The Hall–Kier alpha value is -2.54. The molecule has 0 atom stereocenters. The summed E-state index contributed by atoms with van der Waals surface area (Å²) in [5.74, 6) is 0.459. The minimum atomic E-state index is -3.59. The van der Waals surface area contributed by atoms with Crippen LogP contribution in [0.15, 0.2) is 42.5 Å². The summed E-state index contributed by atoms with van der Waals surface area (Å²) >= 11 is 0. The molecular weight excluding hydrogens is 364 g/mol. The number of nitrogens with zero attached hydrogens (tertiary/aromatic N) is 2. The van der Waals surface area contributed by atoms with Gasteiger partial charge < -0.3 is 9.64 Å². The molecule has 0 unspecified atom stereocenters. The van der Waals surface area contributed by atoms with Crippen molar-refractivity contribution in [2.45, 2.75) is 20.4 Å². The average Bonchev–Trinajstić information content (AvgIpc) is 2.58. The van der Waals surface area contributed by atoms with Crippen LogP contribution in [0.25, 0.3) is 0 Å². The fourth-order valence-electron chi connectivity index (χ4n) is 2.83. The Balaban J connectivity index is 2.17. The molecule has 27 heavy (non-hydrogen) atoms. The molecule has 0 aliphatic carbocycles. The zero-order valence-corrected chi connectivity index (χ0v) is 17.2. The first-order valence-corrected chi connectivity index (χ1v) is 10.4. The Morgan fingerprint density at radius 2 is 1.59 bits per heavy atom. The second-order valence-corrected chi connectivity index (χ2v) is 8.62. The Bertz CT molecular complexity index is 888. The monoisotopic (exact) mass is 390 g/mol. The quantitative estimate of drug-likeness (QED) is 0.729. The molecular formula is C20H26N2O4S.